The molecule has 4 fully saturated rings. The zero-order chi connectivity index (χ0) is 31.8. The van der Waals surface area contributed by atoms with Crippen LogP contribution in [0.3, 0.4) is 0 Å². The summed E-state index contributed by atoms with van der Waals surface area (Å²) in [7, 11) is 0. The summed E-state index contributed by atoms with van der Waals surface area (Å²) in [5.74, 6) is 3.89. The largest absolute Gasteiger partial charge is 0.459 e. The molecule has 2 aromatic carbocycles. The van der Waals surface area contributed by atoms with Crippen LogP contribution in [0.15, 0.2) is 60.7 Å². The van der Waals surface area contributed by atoms with Crippen molar-refractivity contribution in [2.75, 3.05) is 0 Å². The molecule has 0 amide bonds. The van der Waals surface area contributed by atoms with E-state index in [1.807, 2.05) is 60.7 Å². The smallest absolute Gasteiger partial charge is 0.338 e. The Morgan fingerprint density at radius 3 is 2.00 bits per heavy atom. The fourth-order valence-electron chi connectivity index (χ4n) is 11.1. The average Bonchev–Trinajstić information content (AvgIpc) is 3.33. The van der Waals surface area contributed by atoms with Gasteiger partial charge >= 0.3 is 11.9 Å². The van der Waals surface area contributed by atoms with Gasteiger partial charge in [0.1, 0.15) is 12.2 Å². The van der Waals surface area contributed by atoms with E-state index in [2.05, 4.69) is 34.6 Å². The molecule has 10 unspecified atom stereocenters. The zero-order valence-electron chi connectivity index (χ0n) is 28.4. The minimum absolute atomic E-state index is 0.0147. The van der Waals surface area contributed by atoms with E-state index in [9.17, 15) is 9.59 Å². The van der Waals surface area contributed by atoms with Crippen LogP contribution >= 0.6 is 0 Å². The quantitative estimate of drug-likeness (QED) is 0.264. The average molecular weight is 613 g/mol. The van der Waals surface area contributed by atoms with Crippen molar-refractivity contribution in [3.8, 4) is 0 Å². The van der Waals surface area contributed by atoms with Crippen LogP contribution in [-0.2, 0) is 9.47 Å². The van der Waals surface area contributed by atoms with Crippen molar-refractivity contribution in [2.45, 2.75) is 117 Å². The molecule has 0 aromatic heterocycles. The van der Waals surface area contributed by atoms with Crippen molar-refractivity contribution in [1.29, 1.82) is 0 Å². The maximum atomic E-state index is 13.4. The molecule has 4 nitrogen and oxygen atoms in total. The maximum absolute atomic E-state index is 13.4. The van der Waals surface area contributed by atoms with E-state index in [4.69, 9.17) is 9.47 Å². The van der Waals surface area contributed by atoms with Crippen molar-refractivity contribution < 1.29 is 19.1 Å². The first kappa shape index (κ1) is 32.3. The van der Waals surface area contributed by atoms with Crippen molar-refractivity contribution in [2.24, 2.45) is 52.3 Å². The number of carbonyl (C=O) groups excluding carboxylic acids is 2. The lowest BCUT2D eigenvalue weighted by Crippen LogP contribution is -2.54. The number of hydrogen-bond acceptors (Lipinski definition) is 4. The van der Waals surface area contributed by atoms with Crippen LogP contribution in [-0.4, -0.2) is 24.1 Å². The van der Waals surface area contributed by atoms with Crippen molar-refractivity contribution >= 4 is 11.9 Å². The van der Waals surface area contributed by atoms with Gasteiger partial charge in [-0.25, -0.2) is 9.59 Å². The van der Waals surface area contributed by atoms with Gasteiger partial charge in [0.05, 0.1) is 11.1 Å². The highest BCUT2D eigenvalue weighted by Gasteiger charge is 2.63. The Hall–Kier alpha value is -2.62. The van der Waals surface area contributed by atoms with Gasteiger partial charge in [0.25, 0.3) is 0 Å². The summed E-state index contributed by atoms with van der Waals surface area (Å²) in [6.45, 7) is 12.2. The molecule has 0 bridgehead atoms. The highest BCUT2D eigenvalue weighted by Crippen LogP contribution is 2.69. The summed E-state index contributed by atoms with van der Waals surface area (Å²) in [6.07, 6.45) is 12.8. The molecule has 0 aliphatic heterocycles. The van der Waals surface area contributed by atoms with E-state index in [1.54, 1.807) is 0 Å². The normalized spacial score (nSPS) is 36.4. The predicted molar refractivity (Wildman–Crippen MR) is 180 cm³/mol. The fraction of sp³-hybridized carbons (Fsp3) is 0.659. The van der Waals surface area contributed by atoms with Crippen LogP contribution < -0.4 is 0 Å². The Balaban J connectivity index is 1.19. The summed E-state index contributed by atoms with van der Waals surface area (Å²) in [5.41, 5.74) is 1.81. The van der Waals surface area contributed by atoms with Crippen LogP contribution in [0.5, 0.6) is 0 Å². The molecule has 10 atom stereocenters. The maximum Gasteiger partial charge on any atom is 0.338 e. The molecule has 0 saturated heterocycles. The van der Waals surface area contributed by atoms with Crippen molar-refractivity contribution in [3.05, 3.63) is 71.8 Å². The third-order valence-electron chi connectivity index (χ3n) is 13.3. The highest BCUT2D eigenvalue weighted by molar-refractivity contribution is 5.89. The summed E-state index contributed by atoms with van der Waals surface area (Å²) in [4.78, 5) is 26.3. The first-order valence-electron chi connectivity index (χ1n) is 18.1. The van der Waals surface area contributed by atoms with Crippen LogP contribution in [0.25, 0.3) is 0 Å². The third kappa shape index (κ3) is 6.37. The monoisotopic (exact) mass is 612 g/mol. The second-order valence-corrected chi connectivity index (χ2v) is 16.2. The van der Waals surface area contributed by atoms with Crippen LogP contribution in [0, 0.1) is 52.3 Å². The summed E-state index contributed by atoms with van der Waals surface area (Å²) >= 11 is 0. The molecule has 4 heteroatoms. The lowest BCUT2D eigenvalue weighted by atomic mass is 9.44. The SMILES string of the molecule is CC(C)CCCC(C)C1C(OC(=O)c2ccccc2)CC2C3CCC4CC(OC(=O)c5ccccc5)CCC4(C)C3CCC21C. The number of hydrogen-bond donors (Lipinski definition) is 0. The predicted octanol–water partition coefficient (Wildman–Crippen LogP) is 10.2. The van der Waals surface area contributed by atoms with E-state index in [-0.39, 0.29) is 35.0 Å². The highest BCUT2D eigenvalue weighted by atomic mass is 16.5. The zero-order valence-corrected chi connectivity index (χ0v) is 28.4. The standard InChI is InChI=1S/C41H56O4/c1-27(2)13-12-14-28(3)37-36(45-39(43)30-17-10-7-11-18-30)26-35-33-20-19-31-25-32(44-38(42)29-15-8-6-9-16-29)21-23-40(31,4)34(33)22-24-41(35,37)5/h6-11,15-18,27-28,31-37H,12-14,19-26H2,1-5H3. The van der Waals surface area contributed by atoms with Gasteiger partial charge in [0.15, 0.2) is 0 Å². The summed E-state index contributed by atoms with van der Waals surface area (Å²) in [6, 6.07) is 19.0. The molecule has 0 spiro atoms. The molecular weight excluding hydrogens is 556 g/mol. The van der Waals surface area contributed by atoms with Gasteiger partial charge in [-0.2, -0.15) is 0 Å². The molecule has 0 N–H and O–H groups in total. The molecule has 244 valence electrons. The third-order valence-corrected chi connectivity index (χ3v) is 13.3. The summed E-state index contributed by atoms with van der Waals surface area (Å²) in [5, 5.41) is 0. The van der Waals surface area contributed by atoms with Crippen LogP contribution in [0.2, 0.25) is 0 Å². The second kappa shape index (κ2) is 13.2. The lowest BCUT2D eigenvalue weighted by Gasteiger charge is -2.61. The molecule has 0 heterocycles. The number of rotatable bonds is 9. The van der Waals surface area contributed by atoms with Gasteiger partial charge in [-0.05, 0) is 122 Å². The molecule has 4 aliphatic rings. The van der Waals surface area contributed by atoms with Gasteiger partial charge in [-0.3, -0.25) is 0 Å². The summed E-state index contributed by atoms with van der Waals surface area (Å²) < 4.78 is 12.6. The van der Waals surface area contributed by atoms with E-state index in [1.165, 1.54) is 44.9 Å². The molecular formula is C41H56O4. The Labute approximate surface area is 272 Å². The van der Waals surface area contributed by atoms with Gasteiger partial charge < -0.3 is 9.47 Å². The number of esters is 2. The molecule has 6 rings (SSSR count). The second-order valence-electron chi connectivity index (χ2n) is 16.2. The molecule has 2 aromatic rings. The van der Waals surface area contributed by atoms with Crippen molar-refractivity contribution in [3.63, 3.8) is 0 Å². The van der Waals surface area contributed by atoms with E-state index in [0.29, 0.717) is 46.6 Å². The Kier molecular flexibility index (Phi) is 9.51. The Bertz CT molecular complexity index is 1310. The van der Waals surface area contributed by atoms with E-state index < -0.39 is 0 Å². The topological polar surface area (TPSA) is 52.6 Å². The Morgan fingerprint density at radius 1 is 0.733 bits per heavy atom. The van der Waals surface area contributed by atoms with Crippen molar-refractivity contribution in [1.82, 2.24) is 0 Å². The van der Waals surface area contributed by atoms with Gasteiger partial charge in [0, 0.05) is 5.92 Å². The van der Waals surface area contributed by atoms with Gasteiger partial charge in [-0.1, -0.05) is 90.3 Å². The number of ether oxygens (including phenoxy) is 2. The van der Waals surface area contributed by atoms with Crippen LogP contribution in [0.1, 0.15) is 126 Å². The first-order chi connectivity index (χ1) is 21.6. The van der Waals surface area contributed by atoms with E-state index >= 15 is 0 Å². The lowest BCUT2D eigenvalue weighted by molar-refractivity contribution is -0.131. The fourth-order valence-corrected chi connectivity index (χ4v) is 11.1. The molecule has 4 saturated carbocycles. The van der Waals surface area contributed by atoms with Gasteiger partial charge in [-0.15, -0.1) is 0 Å². The number of carbonyl (C=O) groups is 2. The minimum Gasteiger partial charge on any atom is -0.459 e. The molecule has 45 heavy (non-hydrogen) atoms. The minimum atomic E-state index is -0.179. The Morgan fingerprint density at radius 2 is 1.36 bits per heavy atom. The number of benzene rings is 2. The first-order valence-corrected chi connectivity index (χ1v) is 18.1. The molecule has 0 radical (unpaired) electrons. The van der Waals surface area contributed by atoms with E-state index in [0.717, 1.165) is 31.6 Å². The number of fused-ring (bicyclic) bond motifs is 5. The molecule has 4 aliphatic carbocycles. The van der Waals surface area contributed by atoms with Crippen LogP contribution in [0.4, 0.5) is 0 Å². The van der Waals surface area contributed by atoms with Gasteiger partial charge in [0.2, 0.25) is 0 Å².